The molecule has 0 saturated carbocycles. The SMILES string of the molecule is N[C@@H](Cc1ccccc1)C(=O)Nc1cncc(-c2ccn[nH]2)c1. The van der Waals surface area contributed by atoms with Crippen molar-refractivity contribution in [2.45, 2.75) is 12.5 Å². The third-order valence-electron chi connectivity index (χ3n) is 3.45. The van der Waals surface area contributed by atoms with E-state index in [0.717, 1.165) is 16.8 Å². The number of hydrogen-bond acceptors (Lipinski definition) is 4. The number of carbonyl (C=O) groups is 1. The van der Waals surface area contributed by atoms with Crippen LogP contribution in [0.2, 0.25) is 0 Å². The second-order valence-electron chi connectivity index (χ2n) is 5.22. The van der Waals surface area contributed by atoms with Crippen LogP contribution in [0.3, 0.4) is 0 Å². The molecule has 6 heteroatoms. The summed E-state index contributed by atoms with van der Waals surface area (Å²) in [5, 5.41) is 9.57. The number of nitrogens with one attached hydrogen (secondary N) is 2. The van der Waals surface area contributed by atoms with Crippen LogP contribution in [0.15, 0.2) is 61.1 Å². The van der Waals surface area contributed by atoms with Crippen molar-refractivity contribution in [3.8, 4) is 11.3 Å². The summed E-state index contributed by atoms with van der Waals surface area (Å²) in [5.74, 6) is -0.239. The number of aromatic amines is 1. The average Bonchev–Trinajstić information content (AvgIpc) is 3.10. The van der Waals surface area contributed by atoms with Crippen molar-refractivity contribution in [3.63, 3.8) is 0 Å². The summed E-state index contributed by atoms with van der Waals surface area (Å²) in [5.41, 5.74) is 9.29. The fourth-order valence-corrected chi connectivity index (χ4v) is 2.27. The van der Waals surface area contributed by atoms with Crippen LogP contribution < -0.4 is 11.1 Å². The molecule has 3 rings (SSSR count). The fraction of sp³-hybridized carbons (Fsp3) is 0.118. The highest BCUT2D eigenvalue weighted by Gasteiger charge is 2.14. The van der Waals surface area contributed by atoms with Gasteiger partial charge < -0.3 is 11.1 Å². The molecule has 4 N–H and O–H groups in total. The predicted molar refractivity (Wildman–Crippen MR) is 88.6 cm³/mol. The van der Waals surface area contributed by atoms with Gasteiger partial charge in [0.25, 0.3) is 0 Å². The van der Waals surface area contributed by atoms with Crippen molar-refractivity contribution in [1.82, 2.24) is 15.2 Å². The molecule has 116 valence electrons. The number of amides is 1. The quantitative estimate of drug-likeness (QED) is 0.671. The summed E-state index contributed by atoms with van der Waals surface area (Å²) < 4.78 is 0. The van der Waals surface area contributed by atoms with Crippen molar-refractivity contribution in [2.24, 2.45) is 5.73 Å². The molecule has 0 aliphatic carbocycles. The zero-order valence-electron chi connectivity index (χ0n) is 12.4. The molecular formula is C17H17N5O. The van der Waals surface area contributed by atoms with Crippen LogP contribution in [0.1, 0.15) is 5.56 Å². The van der Waals surface area contributed by atoms with E-state index in [0.29, 0.717) is 12.1 Å². The predicted octanol–water partition coefficient (Wildman–Crippen LogP) is 1.98. The zero-order valence-corrected chi connectivity index (χ0v) is 12.4. The molecule has 6 nitrogen and oxygen atoms in total. The molecule has 0 bridgehead atoms. The van der Waals surface area contributed by atoms with Crippen LogP contribution in [-0.2, 0) is 11.2 Å². The van der Waals surface area contributed by atoms with Crippen molar-refractivity contribution in [3.05, 3.63) is 66.6 Å². The minimum atomic E-state index is -0.617. The van der Waals surface area contributed by atoms with Gasteiger partial charge >= 0.3 is 0 Å². The van der Waals surface area contributed by atoms with Gasteiger partial charge in [0.1, 0.15) is 0 Å². The number of aromatic nitrogens is 3. The van der Waals surface area contributed by atoms with Crippen molar-refractivity contribution < 1.29 is 4.79 Å². The van der Waals surface area contributed by atoms with E-state index in [9.17, 15) is 4.79 Å². The first kappa shape index (κ1) is 14.9. The molecule has 23 heavy (non-hydrogen) atoms. The van der Waals surface area contributed by atoms with Crippen LogP contribution in [0.25, 0.3) is 11.3 Å². The molecule has 0 spiro atoms. The highest BCUT2D eigenvalue weighted by Crippen LogP contribution is 2.18. The molecule has 2 aromatic heterocycles. The standard InChI is InChI=1S/C17H17N5O/c18-15(8-12-4-2-1-3-5-12)17(23)21-14-9-13(10-19-11-14)16-6-7-20-22-16/h1-7,9-11,15H,8,18H2,(H,20,22)(H,21,23)/t15-/m0/s1. The first-order valence-corrected chi connectivity index (χ1v) is 7.27. The number of hydrogen-bond donors (Lipinski definition) is 3. The van der Waals surface area contributed by atoms with Gasteiger partial charge in [0.15, 0.2) is 0 Å². The minimum Gasteiger partial charge on any atom is -0.323 e. The van der Waals surface area contributed by atoms with E-state index in [2.05, 4.69) is 20.5 Å². The molecule has 0 radical (unpaired) electrons. The van der Waals surface area contributed by atoms with Crippen LogP contribution >= 0.6 is 0 Å². The van der Waals surface area contributed by atoms with Gasteiger partial charge in [-0.05, 0) is 24.1 Å². The lowest BCUT2D eigenvalue weighted by atomic mass is 10.1. The van der Waals surface area contributed by atoms with Gasteiger partial charge in [-0.25, -0.2) is 0 Å². The van der Waals surface area contributed by atoms with E-state index in [1.807, 2.05) is 42.5 Å². The Labute approximate surface area is 133 Å². The second-order valence-corrected chi connectivity index (χ2v) is 5.22. The number of pyridine rings is 1. The van der Waals surface area contributed by atoms with Gasteiger partial charge in [-0.2, -0.15) is 5.10 Å². The van der Waals surface area contributed by atoms with Gasteiger partial charge in [-0.3, -0.25) is 14.9 Å². The number of nitrogens with zero attached hydrogens (tertiary/aromatic N) is 2. The lowest BCUT2D eigenvalue weighted by Crippen LogP contribution is -2.37. The molecular weight excluding hydrogens is 290 g/mol. The number of benzene rings is 1. The number of carbonyl (C=O) groups excluding carboxylic acids is 1. The molecule has 1 atom stereocenters. The summed E-state index contributed by atoms with van der Waals surface area (Å²) in [6, 6.07) is 12.7. The van der Waals surface area contributed by atoms with Gasteiger partial charge in [0, 0.05) is 18.0 Å². The van der Waals surface area contributed by atoms with E-state index in [-0.39, 0.29) is 5.91 Å². The Hall–Kier alpha value is -2.99. The largest absolute Gasteiger partial charge is 0.323 e. The maximum atomic E-state index is 12.2. The molecule has 0 aliphatic rings. The topological polar surface area (TPSA) is 96.7 Å². The van der Waals surface area contributed by atoms with E-state index in [1.54, 1.807) is 18.6 Å². The molecule has 3 aromatic rings. The van der Waals surface area contributed by atoms with Gasteiger partial charge in [-0.15, -0.1) is 0 Å². The third kappa shape index (κ3) is 3.81. The Morgan fingerprint density at radius 1 is 1.22 bits per heavy atom. The molecule has 0 unspecified atom stereocenters. The maximum absolute atomic E-state index is 12.2. The minimum absolute atomic E-state index is 0.239. The van der Waals surface area contributed by atoms with E-state index >= 15 is 0 Å². The second kappa shape index (κ2) is 6.85. The van der Waals surface area contributed by atoms with Crippen molar-refractivity contribution in [1.29, 1.82) is 0 Å². The number of anilines is 1. The Morgan fingerprint density at radius 3 is 2.78 bits per heavy atom. The Morgan fingerprint density at radius 2 is 2.04 bits per heavy atom. The molecule has 2 heterocycles. The summed E-state index contributed by atoms with van der Waals surface area (Å²) >= 11 is 0. The van der Waals surface area contributed by atoms with E-state index in [4.69, 9.17) is 5.73 Å². The highest BCUT2D eigenvalue weighted by atomic mass is 16.2. The summed E-state index contributed by atoms with van der Waals surface area (Å²) in [6.45, 7) is 0. The molecule has 1 aromatic carbocycles. The van der Waals surface area contributed by atoms with Crippen LogP contribution in [0, 0.1) is 0 Å². The van der Waals surface area contributed by atoms with Crippen LogP contribution in [0.5, 0.6) is 0 Å². The molecule has 0 aliphatic heterocycles. The highest BCUT2D eigenvalue weighted by molar-refractivity contribution is 5.95. The lowest BCUT2D eigenvalue weighted by Gasteiger charge is -2.12. The Kier molecular flexibility index (Phi) is 4.44. The first-order valence-electron chi connectivity index (χ1n) is 7.27. The summed E-state index contributed by atoms with van der Waals surface area (Å²) in [4.78, 5) is 16.4. The van der Waals surface area contributed by atoms with Crippen molar-refractivity contribution >= 4 is 11.6 Å². The van der Waals surface area contributed by atoms with Gasteiger partial charge in [-0.1, -0.05) is 30.3 Å². The number of rotatable bonds is 5. The normalized spacial score (nSPS) is 11.9. The number of nitrogens with two attached hydrogens (primary N) is 1. The maximum Gasteiger partial charge on any atom is 0.241 e. The summed E-state index contributed by atoms with van der Waals surface area (Å²) in [7, 11) is 0. The zero-order chi connectivity index (χ0) is 16.1. The molecule has 0 fully saturated rings. The van der Waals surface area contributed by atoms with Crippen LogP contribution in [-0.4, -0.2) is 27.1 Å². The Bertz CT molecular complexity index is 771. The van der Waals surface area contributed by atoms with E-state index in [1.165, 1.54) is 0 Å². The van der Waals surface area contributed by atoms with Gasteiger partial charge in [0.05, 0.1) is 23.6 Å². The average molecular weight is 307 g/mol. The van der Waals surface area contributed by atoms with Crippen LogP contribution in [0.4, 0.5) is 5.69 Å². The molecule has 1 amide bonds. The van der Waals surface area contributed by atoms with Gasteiger partial charge in [0.2, 0.25) is 5.91 Å². The van der Waals surface area contributed by atoms with E-state index < -0.39 is 6.04 Å². The monoisotopic (exact) mass is 307 g/mol. The summed E-state index contributed by atoms with van der Waals surface area (Å²) in [6.07, 6.45) is 5.44. The molecule has 0 saturated heterocycles. The Balaban J connectivity index is 1.67. The lowest BCUT2D eigenvalue weighted by molar-refractivity contribution is -0.117. The number of H-pyrrole nitrogens is 1. The third-order valence-corrected chi connectivity index (χ3v) is 3.45. The smallest absolute Gasteiger partial charge is 0.241 e. The van der Waals surface area contributed by atoms with Crippen molar-refractivity contribution in [2.75, 3.05) is 5.32 Å². The fourth-order valence-electron chi connectivity index (χ4n) is 2.27. The first-order chi connectivity index (χ1) is 11.2.